The molecule has 0 spiro atoms. The summed E-state index contributed by atoms with van der Waals surface area (Å²) >= 11 is 11.2. The van der Waals surface area contributed by atoms with Gasteiger partial charge in [-0.25, -0.2) is 8.78 Å². The molecule has 0 aliphatic carbocycles. The number of halogens is 3. The Balaban J connectivity index is 1.55. The maximum absolute atomic E-state index is 14.4. The zero-order valence-electron chi connectivity index (χ0n) is 14.4. The van der Waals surface area contributed by atoms with Crippen molar-refractivity contribution in [3.05, 3.63) is 50.5 Å². The molecule has 2 aliphatic heterocycles. The highest BCUT2D eigenvalue weighted by molar-refractivity contribution is 7.71. The standard InChI is InChI=1S/C18H18ClF2N3O2S/c19-11-1-2-12(20)16(17(11)21)9-5-14-13(23-18(27)24(14)7-9)6-15(25)22-10-3-4-26-8-10/h1-2,9-10H,3-8H2,(H,22,25)(H,23,27)/t9-,10-/m1/s1. The molecule has 0 bridgehead atoms. The summed E-state index contributed by atoms with van der Waals surface area (Å²) in [5.41, 5.74) is 1.46. The van der Waals surface area contributed by atoms with Gasteiger partial charge in [-0.3, -0.25) is 4.79 Å². The van der Waals surface area contributed by atoms with Crippen molar-refractivity contribution < 1.29 is 18.3 Å². The molecule has 0 unspecified atom stereocenters. The van der Waals surface area contributed by atoms with Gasteiger partial charge in [-0.2, -0.15) is 0 Å². The maximum atomic E-state index is 14.4. The molecule has 1 saturated heterocycles. The number of rotatable bonds is 4. The molecule has 2 aromatic rings. The molecule has 144 valence electrons. The molecular weight excluding hydrogens is 396 g/mol. The number of aromatic amines is 1. The van der Waals surface area contributed by atoms with Gasteiger partial charge in [-0.1, -0.05) is 11.6 Å². The van der Waals surface area contributed by atoms with Gasteiger partial charge in [0, 0.05) is 36.0 Å². The third-order valence-electron chi connectivity index (χ3n) is 5.14. The topological polar surface area (TPSA) is 59.0 Å². The molecule has 4 rings (SSSR count). The quantitative estimate of drug-likeness (QED) is 0.597. The van der Waals surface area contributed by atoms with E-state index in [0.717, 1.165) is 12.1 Å². The van der Waals surface area contributed by atoms with Gasteiger partial charge in [-0.05, 0) is 37.2 Å². The van der Waals surface area contributed by atoms with Gasteiger partial charge in [0.15, 0.2) is 4.77 Å². The van der Waals surface area contributed by atoms with E-state index >= 15 is 0 Å². The van der Waals surface area contributed by atoms with Gasteiger partial charge >= 0.3 is 0 Å². The number of aromatic nitrogens is 2. The average molecular weight is 414 g/mol. The van der Waals surface area contributed by atoms with Crippen LogP contribution in [0.3, 0.4) is 0 Å². The van der Waals surface area contributed by atoms with Crippen LogP contribution in [0.2, 0.25) is 5.02 Å². The summed E-state index contributed by atoms with van der Waals surface area (Å²) in [7, 11) is 0. The second-order valence-electron chi connectivity index (χ2n) is 6.93. The van der Waals surface area contributed by atoms with E-state index in [2.05, 4.69) is 10.3 Å². The van der Waals surface area contributed by atoms with Crippen molar-refractivity contribution in [2.75, 3.05) is 13.2 Å². The number of carbonyl (C=O) groups excluding carboxylic acids is 1. The monoisotopic (exact) mass is 413 g/mol. The van der Waals surface area contributed by atoms with Crippen LogP contribution < -0.4 is 5.32 Å². The third kappa shape index (κ3) is 3.53. The first-order valence-corrected chi connectivity index (χ1v) is 9.53. The van der Waals surface area contributed by atoms with E-state index in [-0.39, 0.29) is 29.0 Å². The number of H-pyrrole nitrogens is 1. The Labute approximate surface area is 164 Å². The number of hydrogen-bond donors (Lipinski definition) is 2. The first kappa shape index (κ1) is 18.6. The van der Waals surface area contributed by atoms with Crippen LogP contribution in [0.1, 0.15) is 29.3 Å². The van der Waals surface area contributed by atoms with Crippen molar-refractivity contribution >= 4 is 29.7 Å². The van der Waals surface area contributed by atoms with Gasteiger partial charge in [0.05, 0.1) is 24.1 Å². The molecule has 0 saturated carbocycles. The lowest BCUT2D eigenvalue weighted by Crippen LogP contribution is -2.36. The van der Waals surface area contributed by atoms with Crippen LogP contribution in [0, 0.1) is 16.4 Å². The van der Waals surface area contributed by atoms with Crippen molar-refractivity contribution in [1.82, 2.24) is 14.9 Å². The van der Waals surface area contributed by atoms with Gasteiger partial charge in [-0.15, -0.1) is 0 Å². The summed E-state index contributed by atoms with van der Waals surface area (Å²) in [5.74, 6) is -1.90. The summed E-state index contributed by atoms with van der Waals surface area (Å²) in [5, 5.41) is 2.83. The summed E-state index contributed by atoms with van der Waals surface area (Å²) in [6.07, 6.45) is 1.32. The first-order valence-electron chi connectivity index (χ1n) is 8.75. The summed E-state index contributed by atoms with van der Waals surface area (Å²) < 4.78 is 36.1. The molecule has 1 amide bonds. The zero-order chi connectivity index (χ0) is 19.1. The number of imidazole rings is 1. The Kier molecular flexibility index (Phi) is 5.05. The highest BCUT2D eigenvalue weighted by Crippen LogP contribution is 2.36. The van der Waals surface area contributed by atoms with Crippen LogP contribution in [-0.4, -0.2) is 34.7 Å². The van der Waals surface area contributed by atoms with Crippen LogP contribution in [0.25, 0.3) is 0 Å². The highest BCUT2D eigenvalue weighted by atomic mass is 35.5. The number of fused-ring (bicyclic) bond motifs is 1. The van der Waals surface area contributed by atoms with E-state index in [1.54, 1.807) is 4.57 Å². The second kappa shape index (κ2) is 7.33. The molecule has 2 N–H and O–H groups in total. The number of nitrogens with zero attached hydrogens (tertiary/aromatic N) is 1. The van der Waals surface area contributed by atoms with Crippen LogP contribution in [0.15, 0.2) is 12.1 Å². The minimum atomic E-state index is -0.733. The molecule has 3 heterocycles. The lowest BCUT2D eigenvalue weighted by molar-refractivity contribution is -0.121. The molecule has 1 aromatic heterocycles. The van der Waals surface area contributed by atoms with E-state index in [9.17, 15) is 13.6 Å². The van der Waals surface area contributed by atoms with Crippen molar-refractivity contribution in [3.63, 3.8) is 0 Å². The van der Waals surface area contributed by atoms with Crippen LogP contribution in [-0.2, 0) is 28.9 Å². The summed E-state index contributed by atoms with van der Waals surface area (Å²) in [6, 6.07) is 2.41. The van der Waals surface area contributed by atoms with E-state index < -0.39 is 17.6 Å². The number of benzene rings is 1. The molecule has 27 heavy (non-hydrogen) atoms. The number of amides is 1. The molecule has 1 aromatic carbocycles. The van der Waals surface area contributed by atoms with Gasteiger partial charge in [0.2, 0.25) is 5.91 Å². The van der Waals surface area contributed by atoms with Crippen molar-refractivity contribution in [2.45, 2.75) is 37.8 Å². The molecule has 5 nitrogen and oxygen atoms in total. The van der Waals surface area contributed by atoms with Crippen LogP contribution >= 0.6 is 23.8 Å². The first-order chi connectivity index (χ1) is 12.9. The Morgan fingerprint density at radius 2 is 2.26 bits per heavy atom. The largest absolute Gasteiger partial charge is 0.379 e. The summed E-state index contributed by atoms with van der Waals surface area (Å²) in [4.78, 5) is 15.4. The molecular formula is C18H18ClF2N3O2S. The average Bonchev–Trinajstić information content (AvgIpc) is 3.32. The number of nitrogens with one attached hydrogen (secondary N) is 2. The Bertz CT molecular complexity index is 953. The lowest BCUT2D eigenvalue weighted by Gasteiger charge is -2.13. The third-order valence-corrected chi connectivity index (χ3v) is 5.75. The SMILES string of the molecule is O=C(Cc1[nH]c(=S)n2c1C[C@@H](c1c(F)ccc(Cl)c1F)C2)N[C@@H]1CCOC1. The van der Waals surface area contributed by atoms with Gasteiger partial charge in [0.1, 0.15) is 11.6 Å². The maximum Gasteiger partial charge on any atom is 0.226 e. The van der Waals surface area contributed by atoms with E-state index in [0.29, 0.717) is 36.6 Å². The zero-order valence-corrected chi connectivity index (χ0v) is 15.9. The Hall–Kier alpha value is -1.77. The van der Waals surface area contributed by atoms with Gasteiger partial charge in [0.25, 0.3) is 0 Å². The Morgan fingerprint density at radius 1 is 1.44 bits per heavy atom. The smallest absolute Gasteiger partial charge is 0.226 e. The lowest BCUT2D eigenvalue weighted by atomic mass is 9.95. The summed E-state index contributed by atoms with van der Waals surface area (Å²) in [6.45, 7) is 1.51. The fraction of sp³-hybridized carbons (Fsp3) is 0.444. The number of ether oxygens (including phenoxy) is 1. The minimum absolute atomic E-state index is 0.0264. The highest BCUT2D eigenvalue weighted by Gasteiger charge is 2.32. The van der Waals surface area contributed by atoms with Crippen LogP contribution in [0.5, 0.6) is 0 Å². The minimum Gasteiger partial charge on any atom is -0.379 e. The molecule has 2 aliphatic rings. The molecule has 1 fully saturated rings. The number of carbonyl (C=O) groups is 1. The van der Waals surface area contributed by atoms with E-state index in [1.807, 2.05) is 0 Å². The molecule has 9 heteroatoms. The normalized spacial score (nSPS) is 21.4. The second-order valence-corrected chi connectivity index (χ2v) is 7.72. The van der Waals surface area contributed by atoms with E-state index in [4.69, 9.17) is 28.6 Å². The molecule has 2 atom stereocenters. The number of hydrogen-bond acceptors (Lipinski definition) is 3. The fourth-order valence-electron chi connectivity index (χ4n) is 3.84. The van der Waals surface area contributed by atoms with Crippen molar-refractivity contribution in [1.29, 1.82) is 0 Å². The van der Waals surface area contributed by atoms with Crippen LogP contribution in [0.4, 0.5) is 8.78 Å². The van der Waals surface area contributed by atoms with E-state index in [1.165, 1.54) is 12.1 Å². The van der Waals surface area contributed by atoms with Crippen molar-refractivity contribution in [2.24, 2.45) is 0 Å². The van der Waals surface area contributed by atoms with Gasteiger partial charge < -0.3 is 19.6 Å². The predicted octanol–water partition coefficient (Wildman–Crippen LogP) is 3.26. The Morgan fingerprint density at radius 3 is 3.00 bits per heavy atom. The predicted molar refractivity (Wildman–Crippen MR) is 98.5 cm³/mol. The fourth-order valence-corrected chi connectivity index (χ4v) is 4.32. The molecule has 0 radical (unpaired) electrons. The van der Waals surface area contributed by atoms with Crippen molar-refractivity contribution in [3.8, 4) is 0 Å².